The molecule has 2 heterocycles. The lowest BCUT2D eigenvalue weighted by Crippen LogP contribution is -2.20. The lowest BCUT2D eigenvalue weighted by Gasteiger charge is -2.15. The van der Waals surface area contributed by atoms with Crippen molar-refractivity contribution >= 4 is 23.5 Å². The second-order valence-electron chi connectivity index (χ2n) is 5.75. The number of hydrazone groups is 1. The van der Waals surface area contributed by atoms with Crippen molar-refractivity contribution in [2.75, 3.05) is 0 Å². The molecule has 1 aliphatic carbocycles. The smallest absolute Gasteiger partial charge is 0.272 e. The maximum absolute atomic E-state index is 12.4. The van der Waals surface area contributed by atoms with Crippen LogP contribution in [0, 0.1) is 6.92 Å². The molecule has 0 unspecified atom stereocenters. The first-order valence-corrected chi connectivity index (χ1v) is 8.65. The van der Waals surface area contributed by atoms with Gasteiger partial charge in [-0.3, -0.25) is 9.89 Å². The quantitative estimate of drug-likeness (QED) is 0.569. The summed E-state index contributed by atoms with van der Waals surface area (Å²) in [5.74, 6) is -0.256. The number of hydrogen-bond acceptors (Lipinski definition) is 4. The molecule has 0 atom stereocenters. The van der Waals surface area contributed by atoms with E-state index in [9.17, 15) is 4.79 Å². The maximum Gasteiger partial charge on any atom is 0.289 e. The Labute approximate surface area is 143 Å². The summed E-state index contributed by atoms with van der Waals surface area (Å²) in [6.45, 7) is 2.02. The van der Waals surface area contributed by atoms with Crippen molar-refractivity contribution in [2.45, 2.75) is 19.8 Å². The Morgan fingerprint density at radius 2 is 2.21 bits per heavy atom. The zero-order valence-electron chi connectivity index (χ0n) is 13.2. The van der Waals surface area contributed by atoms with Gasteiger partial charge in [-0.2, -0.15) is 10.2 Å². The summed E-state index contributed by atoms with van der Waals surface area (Å²) in [6.07, 6.45) is 3.40. The van der Waals surface area contributed by atoms with Gasteiger partial charge in [-0.1, -0.05) is 24.3 Å². The van der Waals surface area contributed by atoms with E-state index in [0.29, 0.717) is 5.69 Å². The van der Waals surface area contributed by atoms with Crippen molar-refractivity contribution in [3.8, 4) is 11.3 Å². The standard InChI is InChI=1S/C18H16N4OS/c1-11-8-9-24-15(11)10-19-22-18(23)17-14-7-6-12-4-2-3-5-13(12)16(14)20-21-17/h2-5,8-10H,6-7H2,1H3,(H,20,21)(H,22,23)/b19-10+. The third kappa shape index (κ3) is 2.55. The third-order valence-corrected chi connectivity index (χ3v) is 5.21. The SMILES string of the molecule is Cc1ccsc1/C=N/NC(=O)c1[nH]nc2c1CCc1ccccc1-2. The lowest BCUT2D eigenvalue weighted by molar-refractivity contribution is 0.0949. The largest absolute Gasteiger partial charge is 0.289 e. The van der Waals surface area contributed by atoms with Crippen LogP contribution < -0.4 is 5.43 Å². The van der Waals surface area contributed by atoms with E-state index >= 15 is 0 Å². The predicted octanol–water partition coefficient (Wildman–Crippen LogP) is 3.31. The zero-order valence-corrected chi connectivity index (χ0v) is 14.0. The number of aromatic amines is 1. The van der Waals surface area contributed by atoms with E-state index in [0.717, 1.165) is 40.1 Å². The summed E-state index contributed by atoms with van der Waals surface area (Å²) in [7, 11) is 0. The van der Waals surface area contributed by atoms with E-state index in [-0.39, 0.29) is 5.91 Å². The molecular weight excluding hydrogens is 320 g/mol. The molecule has 0 spiro atoms. The Balaban J connectivity index is 1.56. The van der Waals surface area contributed by atoms with E-state index in [1.54, 1.807) is 17.6 Å². The number of carbonyl (C=O) groups excluding carboxylic acids is 1. The zero-order chi connectivity index (χ0) is 16.5. The molecule has 0 saturated heterocycles. The van der Waals surface area contributed by atoms with Gasteiger partial charge in [0.25, 0.3) is 5.91 Å². The number of aryl methyl sites for hydroxylation is 2. The fourth-order valence-electron chi connectivity index (χ4n) is 2.97. The fourth-order valence-corrected chi connectivity index (χ4v) is 3.76. The number of nitrogens with one attached hydrogen (secondary N) is 2. The molecule has 1 amide bonds. The number of nitrogens with zero attached hydrogens (tertiary/aromatic N) is 2. The average molecular weight is 336 g/mol. The second-order valence-corrected chi connectivity index (χ2v) is 6.70. The van der Waals surface area contributed by atoms with Gasteiger partial charge in [0.2, 0.25) is 0 Å². The second kappa shape index (κ2) is 6.05. The first-order valence-electron chi connectivity index (χ1n) is 7.77. The normalized spacial score (nSPS) is 12.9. The number of amides is 1. The van der Waals surface area contributed by atoms with E-state index in [1.807, 2.05) is 36.6 Å². The van der Waals surface area contributed by atoms with Gasteiger partial charge >= 0.3 is 0 Å². The molecule has 0 aliphatic heterocycles. The molecule has 0 fully saturated rings. The van der Waals surface area contributed by atoms with Crippen LogP contribution in [0.2, 0.25) is 0 Å². The van der Waals surface area contributed by atoms with Crippen LogP contribution in [0.1, 0.15) is 32.1 Å². The first-order chi connectivity index (χ1) is 11.7. The van der Waals surface area contributed by atoms with Crippen LogP contribution >= 0.6 is 11.3 Å². The van der Waals surface area contributed by atoms with E-state index in [2.05, 4.69) is 26.8 Å². The molecule has 3 aromatic rings. The third-order valence-electron chi connectivity index (χ3n) is 4.26. The molecule has 2 N–H and O–H groups in total. The number of fused-ring (bicyclic) bond motifs is 3. The Kier molecular flexibility index (Phi) is 3.74. The number of H-pyrrole nitrogens is 1. The first kappa shape index (κ1) is 14.8. The van der Waals surface area contributed by atoms with Crippen molar-refractivity contribution < 1.29 is 4.79 Å². The summed E-state index contributed by atoms with van der Waals surface area (Å²) in [5.41, 5.74) is 8.45. The summed E-state index contributed by atoms with van der Waals surface area (Å²) in [4.78, 5) is 13.4. The van der Waals surface area contributed by atoms with Crippen LogP contribution in [-0.4, -0.2) is 22.3 Å². The Morgan fingerprint density at radius 3 is 3.04 bits per heavy atom. The van der Waals surface area contributed by atoms with Gasteiger partial charge in [0, 0.05) is 16.0 Å². The van der Waals surface area contributed by atoms with Crippen LogP contribution in [0.4, 0.5) is 0 Å². The highest BCUT2D eigenvalue weighted by Crippen LogP contribution is 2.33. The molecule has 0 bridgehead atoms. The van der Waals surface area contributed by atoms with Crippen molar-refractivity contribution in [1.82, 2.24) is 15.6 Å². The maximum atomic E-state index is 12.4. The molecule has 2 aromatic heterocycles. The van der Waals surface area contributed by atoms with E-state index in [1.165, 1.54) is 5.56 Å². The highest BCUT2D eigenvalue weighted by Gasteiger charge is 2.24. The van der Waals surface area contributed by atoms with Gasteiger partial charge in [-0.15, -0.1) is 11.3 Å². The molecule has 5 nitrogen and oxygen atoms in total. The van der Waals surface area contributed by atoms with Crippen LogP contribution in [0.3, 0.4) is 0 Å². The Morgan fingerprint density at radius 1 is 1.33 bits per heavy atom. The number of benzene rings is 1. The molecular formula is C18H16N4OS. The van der Waals surface area contributed by atoms with Crippen LogP contribution in [0.25, 0.3) is 11.3 Å². The minimum Gasteiger partial charge on any atom is -0.272 e. The molecule has 1 aliphatic rings. The summed E-state index contributed by atoms with van der Waals surface area (Å²) < 4.78 is 0. The molecule has 24 heavy (non-hydrogen) atoms. The summed E-state index contributed by atoms with van der Waals surface area (Å²) in [5, 5.41) is 13.3. The highest BCUT2D eigenvalue weighted by molar-refractivity contribution is 7.11. The molecule has 1 aromatic carbocycles. The number of carbonyl (C=O) groups is 1. The number of hydrogen-bond donors (Lipinski definition) is 2. The van der Waals surface area contributed by atoms with Crippen LogP contribution in [-0.2, 0) is 12.8 Å². The number of rotatable bonds is 3. The predicted molar refractivity (Wildman–Crippen MR) is 95.5 cm³/mol. The van der Waals surface area contributed by atoms with Crippen molar-refractivity contribution in [3.05, 3.63) is 63.0 Å². The lowest BCUT2D eigenvalue weighted by atomic mass is 9.89. The average Bonchev–Trinajstić information content (AvgIpc) is 3.21. The topological polar surface area (TPSA) is 70.1 Å². The van der Waals surface area contributed by atoms with Gasteiger partial charge in [0.1, 0.15) is 5.69 Å². The Hall–Kier alpha value is -2.73. The number of aromatic nitrogens is 2. The number of thiophene rings is 1. The molecule has 6 heteroatoms. The fraction of sp³-hybridized carbons (Fsp3) is 0.167. The summed E-state index contributed by atoms with van der Waals surface area (Å²) >= 11 is 1.59. The van der Waals surface area contributed by atoms with Gasteiger partial charge in [0.05, 0.1) is 11.9 Å². The molecule has 0 radical (unpaired) electrons. The van der Waals surface area contributed by atoms with Crippen molar-refractivity contribution in [2.24, 2.45) is 5.10 Å². The van der Waals surface area contributed by atoms with Gasteiger partial charge in [-0.25, -0.2) is 5.43 Å². The van der Waals surface area contributed by atoms with Crippen molar-refractivity contribution in [1.29, 1.82) is 0 Å². The molecule has 0 saturated carbocycles. The summed E-state index contributed by atoms with van der Waals surface area (Å²) in [6, 6.07) is 10.2. The molecule has 120 valence electrons. The van der Waals surface area contributed by atoms with Gasteiger partial charge in [0.15, 0.2) is 0 Å². The van der Waals surface area contributed by atoms with E-state index < -0.39 is 0 Å². The van der Waals surface area contributed by atoms with Crippen molar-refractivity contribution in [3.63, 3.8) is 0 Å². The molecule has 4 rings (SSSR count). The highest BCUT2D eigenvalue weighted by atomic mass is 32.1. The van der Waals surface area contributed by atoms with Crippen LogP contribution in [0.5, 0.6) is 0 Å². The van der Waals surface area contributed by atoms with Gasteiger partial charge < -0.3 is 0 Å². The van der Waals surface area contributed by atoms with Crippen LogP contribution in [0.15, 0.2) is 40.8 Å². The Bertz CT molecular complexity index is 938. The van der Waals surface area contributed by atoms with E-state index in [4.69, 9.17) is 0 Å². The minimum atomic E-state index is -0.256. The monoisotopic (exact) mass is 336 g/mol. The van der Waals surface area contributed by atoms with Gasteiger partial charge in [-0.05, 0) is 42.3 Å². The minimum absolute atomic E-state index is 0.256.